The first-order chi connectivity index (χ1) is 12.2. The van der Waals surface area contributed by atoms with Gasteiger partial charge in [0.1, 0.15) is 0 Å². The van der Waals surface area contributed by atoms with E-state index in [4.69, 9.17) is 0 Å². The number of nitrogens with zero attached hydrogens (tertiary/aromatic N) is 1. The summed E-state index contributed by atoms with van der Waals surface area (Å²) in [5.41, 5.74) is 2.53. The van der Waals surface area contributed by atoms with Crippen molar-refractivity contribution in [3.05, 3.63) is 71.8 Å². The average Bonchev–Trinajstić information content (AvgIpc) is 2.69. The molecule has 25 heavy (non-hydrogen) atoms. The Balaban J connectivity index is 1.71. The summed E-state index contributed by atoms with van der Waals surface area (Å²) in [6.45, 7) is 2.02. The molecule has 0 spiro atoms. The molecule has 1 amide bonds. The highest BCUT2D eigenvalue weighted by molar-refractivity contribution is 5.77. The largest absolute Gasteiger partial charge is 0.343 e. The quantitative estimate of drug-likeness (QED) is 0.874. The van der Waals surface area contributed by atoms with Crippen LogP contribution in [0.4, 0.5) is 0 Å². The summed E-state index contributed by atoms with van der Waals surface area (Å²) in [5.74, 6) is 0.483. The monoisotopic (exact) mass is 336 g/mol. The molecule has 3 nitrogen and oxygen atoms in total. The summed E-state index contributed by atoms with van der Waals surface area (Å²) in [5, 5.41) is 3.37. The van der Waals surface area contributed by atoms with Gasteiger partial charge in [-0.15, -0.1) is 0 Å². The minimum Gasteiger partial charge on any atom is -0.343 e. The van der Waals surface area contributed by atoms with Crippen molar-refractivity contribution in [2.45, 2.75) is 37.6 Å². The van der Waals surface area contributed by atoms with Crippen LogP contribution < -0.4 is 5.32 Å². The number of carbonyl (C=O) groups is 1. The van der Waals surface area contributed by atoms with Gasteiger partial charge in [0.25, 0.3) is 0 Å². The van der Waals surface area contributed by atoms with Crippen LogP contribution in [0.5, 0.6) is 0 Å². The molecule has 0 aliphatic carbocycles. The SMILES string of the molecule is CN(C(=O)CC(Cc1ccccc1)c1ccccc1)C1CCNCC1. The molecule has 132 valence electrons. The smallest absolute Gasteiger partial charge is 0.223 e. The molecule has 1 aliphatic rings. The number of hydrogen-bond donors (Lipinski definition) is 1. The minimum absolute atomic E-state index is 0.222. The second-order valence-electron chi connectivity index (χ2n) is 6.99. The maximum Gasteiger partial charge on any atom is 0.223 e. The van der Waals surface area contributed by atoms with Crippen molar-refractivity contribution in [1.82, 2.24) is 10.2 Å². The first-order valence-electron chi connectivity index (χ1n) is 9.29. The summed E-state index contributed by atoms with van der Waals surface area (Å²) in [7, 11) is 1.98. The standard InChI is InChI=1S/C22H28N2O/c1-24(21-12-14-23-15-13-21)22(25)17-20(19-10-6-3-7-11-19)16-18-8-4-2-5-9-18/h2-11,20-21,23H,12-17H2,1H3. The van der Waals surface area contributed by atoms with Crippen molar-refractivity contribution >= 4 is 5.91 Å². The first kappa shape index (κ1) is 17.7. The van der Waals surface area contributed by atoms with E-state index in [1.54, 1.807) is 0 Å². The zero-order valence-corrected chi connectivity index (χ0v) is 15.0. The van der Waals surface area contributed by atoms with E-state index in [2.05, 4.69) is 53.8 Å². The second-order valence-corrected chi connectivity index (χ2v) is 6.99. The first-order valence-corrected chi connectivity index (χ1v) is 9.29. The Morgan fingerprint density at radius 3 is 2.28 bits per heavy atom. The number of nitrogens with one attached hydrogen (secondary N) is 1. The molecule has 1 N–H and O–H groups in total. The molecule has 0 saturated carbocycles. The van der Waals surface area contributed by atoms with Gasteiger partial charge < -0.3 is 10.2 Å². The van der Waals surface area contributed by atoms with Gasteiger partial charge in [0.15, 0.2) is 0 Å². The molecular weight excluding hydrogens is 308 g/mol. The molecule has 0 radical (unpaired) electrons. The van der Waals surface area contributed by atoms with Gasteiger partial charge in [-0.3, -0.25) is 4.79 Å². The highest BCUT2D eigenvalue weighted by Gasteiger charge is 2.25. The van der Waals surface area contributed by atoms with Gasteiger partial charge in [-0.25, -0.2) is 0 Å². The zero-order chi connectivity index (χ0) is 17.5. The van der Waals surface area contributed by atoms with Crippen LogP contribution in [0, 0.1) is 0 Å². The molecule has 1 aliphatic heterocycles. The fourth-order valence-corrected chi connectivity index (χ4v) is 3.68. The fourth-order valence-electron chi connectivity index (χ4n) is 3.68. The Hall–Kier alpha value is -2.13. The molecule has 2 aromatic carbocycles. The lowest BCUT2D eigenvalue weighted by atomic mass is 9.88. The lowest BCUT2D eigenvalue weighted by Gasteiger charge is -2.32. The Morgan fingerprint density at radius 1 is 1.04 bits per heavy atom. The zero-order valence-electron chi connectivity index (χ0n) is 15.0. The molecule has 1 fully saturated rings. The van der Waals surface area contributed by atoms with Crippen LogP contribution in [0.25, 0.3) is 0 Å². The van der Waals surface area contributed by atoms with Crippen molar-refractivity contribution in [3.63, 3.8) is 0 Å². The highest BCUT2D eigenvalue weighted by atomic mass is 16.2. The van der Waals surface area contributed by atoms with Gasteiger partial charge in [-0.2, -0.15) is 0 Å². The van der Waals surface area contributed by atoms with Crippen molar-refractivity contribution in [1.29, 1.82) is 0 Å². The van der Waals surface area contributed by atoms with Crippen LogP contribution in [0.3, 0.4) is 0 Å². The van der Waals surface area contributed by atoms with Crippen LogP contribution in [-0.4, -0.2) is 37.0 Å². The van der Waals surface area contributed by atoms with Crippen molar-refractivity contribution < 1.29 is 4.79 Å². The number of benzene rings is 2. The molecule has 0 bridgehead atoms. The Morgan fingerprint density at radius 2 is 1.64 bits per heavy atom. The molecule has 0 aromatic heterocycles. The Labute approximate surface area is 151 Å². The summed E-state index contributed by atoms with van der Waals surface area (Å²) in [6.07, 6.45) is 3.57. The third-order valence-corrected chi connectivity index (χ3v) is 5.27. The second kappa shape index (κ2) is 8.82. The van der Waals surface area contributed by atoms with E-state index >= 15 is 0 Å². The molecule has 1 heterocycles. The maximum atomic E-state index is 12.9. The van der Waals surface area contributed by atoms with Gasteiger partial charge in [-0.1, -0.05) is 60.7 Å². The number of amides is 1. The maximum absolute atomic E-state index is 12.9. The van der Waals surface area contributed by atoms with Crippen LogP contribution in [-0.2, 0) is 11.2 Å². The molecule has 1 saturated heterocycles. The third kappa shape index (κ3) is 4.93. The van der Waals surface area contributed by atoms with Crippen LogP contribution >= 0.6 is 0 Å². The molecular formula is C22H28N2O. The molecule has 1 atom stereocenters. The molecule has 2 aromatic rings. The summed E-state index contributed by atoms with van der Waals surface area (Å²) < 4.78 is 0. The van der Waals surface area contributed by atoms with E-state index in [0.717, 1.165) is 32.4 Å². The van der Waals surface area contributed by atoms with Crippen LogP contribution in [0.2, 0.25) is 0 Å². The van der Waals surface area contributed by atoms with Crippen LogP contribution in [0.15, 0.2) is 60.7 Å². The predicted molar refractivity (Wildman–Crippen MR) is 103 cm³/mol. The van der Waals surface area contributed by atoms with Crippen molar-refractivity contribution in [2.75, 3.05) is 20.1 Å². The highest BCUT2D eigenvalue weighted by Crippen LogP contribution is 2.26. The minimum atomic E-state index is 0.222. The van der Waals surface area contributed by atoms with E-state index in [1.807, 2.05) is 24.1 Å². The predicted octanol–water partition coefficient (Wildman–Crippen LogP) is 3.61. The van der Waals surface area contributed by atoms with Crippen molar-refractivity contribution in [3.8, 4) is 0 Å². The van der Waals surface area contributed by atoms with E-state index in [1.165, 1.54) is 11.1 Å². The van der Waals surface area contributed by atoms with E-state index < -0.39 is 0 Å². The van der Waals surface area contributed by atoms with Crippen molar-refractivity contribution in [2.24, 2.45) is 0 Å². The number of carbonyl (C=O) groups excluding carboxylic acids is 1. The summed E-state index contributed by atoms with van der Waals surface area (Å²) >= 11 is 0. The third-order valence-electron chi connectivity index (χ3n) is 5.27. The molecule has 1 unspecified atom stereocenters. The van der Waals surface area contributed by atoms with Gasteiger partial charge in [0.2, 0.25) is 5.91 Å². The molecule has 3 heteroatoms. The van der Waals surface area contributed by atoms with E-state index in [-0.39, 0.29) is 11.8 Å². The van der Waals surface area contributed by atoms with Gasteiger partial charge in [0.05, 0.1) is 0 Å². The topological polar surface area (TPSA) is 32.3 Å². The fraction of sp³-hybridized carbons (Fsp3) is 0.409. The van der Waals surface area contributed by atoms with E-state index in [0.29, 0.717) is 12.5 Å². The average molecular weight is 336 g/mol. The normalized spacial score (nSPS) is 16.4. The lowest BCUT2D eigenvalue weighted by Crippen LogP contribution is -2.44. The van der Waals surface area contributed by atoms with Gasteiger partial charge in [0, 0.05) is 19.5 Å². The molecule has 3 rings (SSSR count). The summed E-state index contributed by atoms with van der Waals surface area (Å²) in [6, 6.07) is 21.3. The van der Waals surface area contributed by atoms with Gasteiger partial charge >= 0.3 is 0 Å². The Kier molecular flexibility index (Phi) is 6.24. The van der Waals surface area contributed by atoms with Gasteiger partial charge in [-0.05, 0) is 49.4 Å². The lowest BCUT2D eigenvalue weighted by molar-refractivity contribution is -0.132. The number of piperidine rings is 1. The number of rotatable bonds is 6. The Bertz CT molecular complexity index is 650. The van der Waals surface area contributed by atoms with Crippen LogP contribution in [0.1, 0.15) is 36.3 Å². The number of hydrogen-bond acceptors (Lipinski definition) is 2. The van der Waals surface area contributed by atoms with E-state index in [9.17, 15) is 4.79 Å². The summed E-state index contributed by atoms with van der Waals surface area (Å²) in [4.78, 5) is 14.9.